The first kappa shape index (κ1) is 12.9. The van der Waals surface area contributed by atoms with E-state index in [1.54, 1.807) is 13.0 Å². The third-order valence-corrected chi connectivity index (χ3v) is 2.92. The van der Waals surface area contributed by atoms with Gasteiger partial charge < -0.3 is 19.3 Å². The molecule has 2 rings (SSSR count). The lowest BCUT2D eigenvalue weighted by atomic mass is 9.98. The topological polar surface area (TPSA) is 65.0 Å². The fraction of sp³-hybridized carbons (Fsp3) is 0.462. The van der Waals surface area contributed by atoms with Gasteiger partial charge in [-0.15, -0.1) is 0 Å². The molecule has 98 valence electrons. The Hall–Kier alpha value is -1.59. The molecule has 1 aliphatic rings. The SMILES string of the molecule is CCOC(=O)C(O)c1c(OC)ccc2c1COC2. The number of carbonyl (C=O) groups excluding carboxylic acids is 1. The fourth-order valence-corrected chi connectivity index (χ4v) is 2.07. The average molecular weight is 252 g/mol. The normalized spacial score (nSPS) is 15.1. The molecule has 18 heavy (non-hydrogen) atoms. The van der Waals surface area contributed by atoms with E-state index in [0.29, 0.717) is 24.5 Å². The summed E-state index contributed by atoms with van der Waals surface area (Å²) >= 11 is 0. The molecule has 5 heteroatoms. The standard InChI is InChI=1S/C13H16O5/c1-3-18-13(15)12(14)11-9-7-17-6-8(9)4-5-10(11)16-2/h4-5,12,14H,3,6-7H2,1-2H3. The first-order valence-corrected chi connectivity index (χ1v) is 5.80. The number of aliphatic hydroxyl groups is 1. The summed E-state index contributed by atoms with van der Waals surface area (Å²) in [6.45, 7) is 2.78. The zero-order chi connectivity index (χ0) is 13.1. The van der Waals surface area contributed by atoms with Crippen molar-refractivity contribution in [3.05, 3.63) is 28.8 Å². The van der Waals surface area contributed by atoms with Crippen LogP contribution in [0.3, 0.4) is 0 Å². The molecule has 0 saturated heterocycles. The van der Waals surface area contributed by atoms with E-state index in [-0.39, 0.29) is 6.61 Å². The predicted octanol–water partition coefficient (Wildman–Crippen LogP) is 1.32. The van der Waals surface area contributed by atoms with E-state index in [1.807, 2.05) is 6.07 Å². The highest BCUT2D eigenvalue weighted by Crippen LogP contribution is 2.35. The van der Waals surface area contributed by atoms with Crippen LogP contribution in [0.25, 0.3) is 0 Å². The zero-order valence-corrected chi connectivity index (χ0v) is 10.4. The molecule has 0 saturated carbocycles. The van der Waals surface area contributed by atoms with Crippen LogP contribution < -0.4 is 4.74 Å². The summed E-state index contributed by atoms with van der Waals surface area (Å²) in [5.74, 6) is -0.198. The Balaban J connectivity index is 2.41. The summed E-state index contributed by atoms with van der Waals surface area (Å²) in [6.07, 6.45) is -1.34. The molecule has 1 N–H and O–H groups in total. The van der Waals surface area contributed by atoms with E-state index in [4.69, 9.17) is 14.2 Å². The zero-order valence-electron chi connectivity index (χ0n) is 10.4. The van der Waals surface area contributed by atoms with Gasteiger partial charge in [0, 0.05) is 5.56 Å². The van der Waals surface area contributed by atoms with Crippen LogP contribution >= 0.6 is 0 Å². The Morgan fingerprint density at radius 2 is 2.28 bits per heavy atom. The van der Waals surface area contributed by atoms with Gasteiger partial charge in [-0.25, -0.2) is 4.79 Å². The highest BCUT2D eigenvalue weighted by Gasteiger charge is 2.29. The predicted molar refractivity (Wildman–Crippen MR) is 63.1 cm³/mol. The molecular weight excluding hydrogens is 236 g/mol. The monoisotopic (exact) mass is 252 g/mol. The van der Waals surface area contributed by atoms with Gasteiger partial charge in [0.2, 0.25) is 0 Å². The van der Waals surface area contributed by atoms with Crippen molar-refractivity contribution in [1.82, 2.24) is 0 Å². The molecule has 0 aromatic heterocycles. The lowest BCUT2D eigenvalue weighted by molar-refractivity contribution is -0.153. The second-order valence-electron chi connectivity index (χ2n) is 3.97. The molecule has 1 aromatic carbocycles. The van der Waals surface area contributed by atoms with Crippen molar-refractivity contribution in [1.29, 1.82) is 0 Å². The van der Waals surface area contributed by atoms with Crippen LogP contribution in [-0.4, -0.2) is 24.8 Å². The molecule has 0 fully saturated rings. The van der Waals surface area contributed by atoms with E-state index in [1.165, 1.54) is 7.11 Å². The van der Waals surface area contributed by atoms with E-state index in [9.17, 15) is 9.90 Å². The van der Waals surface area contributed by atoms with Crippen LogP contribution in [0.4, 0.5) is 0 Å². The van der Waals surface area contributed by atoms with Gasteiger partial charge in [0.1, 0.15) is 5.75 Å². The number of esters is 1. The van der Waals surface area contributed by atoms with Gasteiger partial charge in [-0.1, -0.05) is 6.07 Å². The van der Waals surface area contributed by atoms with E-state index >= 15 is 0 Å². The van der Waals surface area contributed by atoms with Crippen LogP contribution in [0, 0.1) is 0 Å². The third-order valence-electron chi connectivity index (χ3n) is 2.92. The van der Waals surface area contributed by atoms with Crippen molar-refractivity contribution in [2.24, 2.45) is 0 Å². The maximum Gasteiger partial charge on any atom is 0.339 e. The maximum atomic E-state index is 11.6. The lowest BCUT2D eigenvalue weighted by Crippen LogP contribution is -2.18. The van der Waals surface area contributed by atoms with Gasteiger partial charge >= 0.3 is 5.97 Å². The molecule has 0 bridgehead atoms. The fourth-order valence-electron chi connectivity index (χ4n) is 2.07. The first-order chi connectivity index (χ1) is 8.69. The Bertz CT molecular complexity index is 455. The quantitative estimate of drug-likeness (QED) is 0.819. The van der Waals surface area contributed by atoms with Gasteiger partial charge in [0.15, 0.2) is 6.10 Å². The highest BCUT2D eigenvalue weighted by atomic mass is 16.5. The van der Waals surface area contributed by atoms with Crippen molar-refractivity contribution in [2.45, 2.75) is 26.2 Å². The number of benzene rings is 1. The average Bonchev–Trinajstić information content (AvgIpc) is 2.85. The van der Waals surface area contributed by atoms with Crippen molar-refractivity contribution in [2.75, 3.05) is 13.7 Å². The number of fused-ring (bicyclic) bond motifs is 1. The largest absolute Gasteiger partial charge is 0.496 e. The van der Waals surface area contributed by atoms with Crippen LogP contribution in [0.1, 0.15) is 29.7 Å². The summed E-state index contributed by atoms with van der Waals surface area (Å²) in [4.78, 5) is 11.6. The van der Waals surface area contributed by atoms with Crippen LogP contribution in [0.15, 0.2) is 12.1 Å². The first-order valence-electron chi connectivity index (χ1n) is 5.80. The summed E-state index contributed by atoms with van der Waals surface area (Å²) in [7, 11) is 1.50. The van der Waals surface area contributed by atoms with Crippen LogP contribution in [0.5, 0.6) is 5.75 Å². The Morgan fingerprint density at radius 1 is 1.50 bits per heavy atom. The lowest BCUT2D eigenvalue weighted by Gasteiger charge is -2.17. The number of methoxy groups -OCH3 is 1. The molecule has 0 spiro atoms. The number of carbonyl (C=O) groups is 1. The van der Waals surface area contributed by atoms with Crippen molar-refractivity contribution in [3.63, 3.8) is 0 Å². The van der Waals surface area contributed by atoms with Crippen molar-refractivity contribution >= 4 is 5.97 Å². The minimum absolute atomic E-state index is 0.226. The Kier molecular flexibility index (Phi) is 3.84. The summed E-state index contributed by atoms with van der Waals surface area (Å²) in [6, 6.07) is 3.60. The minimum atomic E-state index is -1.34. The summed E-state index contributed by atoms with van der Waals surface area (Å²) in [5.41, 5.74) is 2.23. The smallest absolute Gasteiger partial charge is 0.339 e. The van der Waals surface area contributed by atoms with Crippen LogP contribution in [0.2, 0.25) is 0 Å². The molecule has 1 unspecified atom stereocenters. The summed E-state index contributed by atoms with van der Waals surface area (Å²) < 4.78 is 15.4. The minimum Gasteiger partial charge on any atom is -0.496 e. The number of aliphatic hydroxyl groups excluding tert-OH is 1. The van der Waals surface area contributed by atoms with Gasteiger partial charge in [0.25, 0.3) is 0 Å². The van der Waals surface area contributed by atoms with Gasteiger partial charge in [-0.3, -0.25) is 0 Å². The molecule has 0 radical (unpaired) electrons. The number of hydrogen-bond donors (Lipinski definition) is 1. The highest BCUT2D eigenvalue weighted by molar-refractivity contribution is 5.78. The second-order valence-corrected chi connectivity index (χ2v) is 3.97. The maximum absolute atomic E-state index is 11.6. The summed E-state index contributed by atoms with van der Waals surface area (Å²) in [5, 5.41) is 10.1. The van der Waals surface area contributed by atoms with E-state index in [0.717, 1.165) is 11.1 Å². The number of hydrogen-bond acceptors (Lipinski definition) is 5. The van der Waals surface area contributed by atoms with Gasteiger partial charge in [-0.2, -0.15) is 0 Å². The third kappa shape index (κ3) is 2.19. The van der Waals surface area contributed by atoms with Gasteiger partial charge in [0.05, 0.1) is 26.9 Å². The number of ether oxygens (including phenoxy) is 3. The molecule has 1 aromatic rings. The van der Waals surface area contributed by atoms with Crippen LogP contribution in [-0.2, 0) is 27.5 Å². The number of rotatable bonds is 4. The molecule has 1 atom stereocenters. The molecule has 0 amide bonds. The van der Waals surface area contributed by atoms with E-state index < -0.39 is 12.1 Å². The van der Waals surface area contributed by atoms with Crippen molar-refractivity contribution in [3.8, 4) is 5.75 Å². The second kappa shape index (κ2) is 5.37. The van der Waals surface area contributed by atoms with Crippen molar-refractivity contribution < 1.29 is 24.1 Å². The Labute approximate surface area is 105 Å². The van der Waals surface area contributed by atoms with E-state index in [2.05, 4.69) is 0 Å². The molecular formula is C13H16O5. The molecule has 0 aliphatic carbocycles. The molecule has 1 heterocycles. The molecule has 1 aliphatic heterocycles. The Morgan fingerprint density at radius 3 is 2.94 bits per heavy atom. The molecule has 5 nitrogen and oxygen atoms in total. The van der Waals surface area contributed by atoms with Gasteiger partial charge in [-0.05, 0) is 24.1 Å².